The van der Waals surface area contributed by atoms with E-state index in [-0.39, 0.29) is 5.78 Å². The summed E-state index contributed by atoms with van der Waals surface area (Å²) in [7, 11) is 0. The minimum atomic E-state index is -1.31. The third kappa shape index (κ3) is 4.60. The summed E-state index contributed by atoms with van der Waals surface area (Å²) in [6, 6.07) is 6.49. The average molecular weight is 314 g/mol. The van der Waals surface area contributed by atoms with Crippen LogP contribution in [0.25, 0.3) is 0 Å². The molecule has 2 rings (SSSR count). The number of ketones is 1. The van der Waals surface area contributed by atoms with E-state index in [9.17, 15) is 14.9 Å². The lowest BCUT2D eigenvalue weighted by Crippen LogP contribution is -2.45. The smallest absolute Gasteiger partial charge is 0.250 e. The molecule has 2 atom stereocenters. The van der Waals surface area contributed by atoms with E-state index in [1.807, 2.05) is 6.07 Å². The third-order valence-electron chi connectivity index (χ3n) is 4.19. The van der Waals surface area contributed by atoms with Crippen LogP contribution < -0.4 is 5.32 Å². The molecule has 1 aromatic heterocycles. The Morgan fingerprint density at radius 2 is 1.96 bits per heavy atom. The van der Waals surface area contributed by atoms with Gasteiger partial charge in [0.15, 0.2) is 11.7 Å². The first-order valence-corrected chi connectivity index (χ1v) is 8.03. The highest BCUT2D eigenvalue weighted by molar-refractivity contribution is 6.10. The van der Waals surface area contributed by atoms with Crippen LogP contribution in [-0.4, -0.2) is 40.7 Å². The number of hydrogen-bond donors (Lipinski definition) is 1. The Morgan fingerprint density at radius 3 is 2.52 bits per heavy atom. The van der Waals surface area contributed by atoms with Crippen LogP contribution in [0.5, 0.6) is 0 Å². The highest BCUT2D eigenvalue weighted by Gasteiger charge is 2.33. The highest BCUT2D eigenvalue weighted by Crippen LogP contribution is 2.16. The fraction of sp³-hybridized carbons (Fsp3) is 0.529. The lowest BCUT2D eigenvalue weighted by atomic mass is 9.98. The predicted octanol–water partition coefficient (Wildman–Crippen LogP) is 1.99. The number of carbonyl (C=O) groups is 2. The lowest BCUT2D eigenvalue weighted by Gasteiger charge is -2.27. The van der Waals surface area contributed by atoms with Crippen molar-refractivity contribution >= 4 is 17.5 Å². The van der Waals surface area contributed by atoms with Crippen LogP contribution in [0.1, 0.15) is 32.6 Å². The van der Waals surface area contributed by atoms with Crippen LogP contribution in [0.4, 0.5) is 5.82 Å². The number of aromatic nitrogens is 1. The Bertz CT molecular complexity index is 574. The topological polar surface area (TPSA) is 86.1 Å². The van der Waals surface area contributed by atoms with Gasteiger partial charge in [-0.3, -0.25) is 14.5 Å². The number of nitrogens with one attached hydrogen (secondary N) is 1. The molecule has 6 heteroatoms. The maximum Gasteiger partial charge on any atom is 0.250 e. The number of amides is 1. The second kappa shape index (κ2) is 8.39. The summed E-state index contributed by atoms with van der Waals surface area (Å²) in [4.78, 5) is 30.9. The molecule has 0 aromatic carbocycles. The predicted molar refractivity (Wildman–Crippen MR) is 86.5 cm³/mol. The number of anilines is 1. The molecule has 6 nitrogen and oxygen atoms in total. The van der Waals surface area contributed by atoms with E-state index in [1.54, 1.807) is 31.3 Å². The van der Waals surface area contributed by atoms with Crippen molar-refractivity contribution in [1.29, 1.82) is 5.26 Å². The Hall–Kier alpha value is -2.26. The molecule has 1 aliphatic rings. The van der Waals surface area contributed by atoms with Crippen molar-refractivity contribution in [2.24, 2.45) is 5.92 Å². The Morgan fingerprint density at radius 1 is 1.26 bits per heavy atom. The van der Waals surface area contributed by atoms with Crippen molar-refractivity contribution in [3.05, 3.63) is 24.4 Å². The molecule has 2 heterocycles. The zero-order valence-corrected chi connectivity index (χ0v) is 13.4. The number of nitrogens with zero attached hydrogens (tertiary/aromatic N) is 3. The van der Waals surface area contributed by atoms with Crippen molar-refractivity contribution in [3.8, 4) is 6.07 Å². The second-order valence-electron chi connectivity index (χ2n) is 5.79. The number of rotatable bonds is 5. The molecule has 23 heavy (non-hydrogen) atoms. The molecule has 0 saturated carbocycles. The second-order valence-corrected chi connectivity index (χ2v) is 5.79. The molecule has 1 saturated heterocycles. The maximum absolute atomic E-state index is 12.6. The van der Waals surface area contributed by atoms with E-state index in [0.29, 0.717) is 5.82 Å². The van der Waals surface area contributed by atoms with Crippen molar-refractivity contribution in [2.45, 2.75) is 38.6 Å². The van der Waals surface area contributed by atoms with Gasteiger partial charge in [-0.1, -0.05) is 18.9 Å². The third-order valence-corrected chi connectivity index (χ3v) is 4.19. The zero-order valence-electron chi connectivity index (χ0n) is 13.4. The first kappa shape index (κ1) is 17.1. The highest BCUT2D eigenvalue weighted by atomic mass is 16.2. The monoisotopic (exact) mass is 314 g/mol. The molecule has 1 fully saturated rings. The molecular weight excluding hydrogens is 292 g/mol. The number of carbonyl (C=O) groups excluding carboxylic acids is 2. The lowest BCUT2D eigenvalue weighted by molar-refractivity contribution is -0.132. The molecule has 1 amide bonds. The summed E-state index contributed by atoms with van der Waals surface area (Å²) >= 11 is 0. The van der Waals surface area contributed by atoms with Crippen molar-refractivity contribution in [1.82, 2.24) is 9.88 Å². The van der Waals surface area contributed by atoms with E-state index in [0.717, 1.165) is 25.9 Å². The quantitative estimate of drug-likeness (QED) is 0.840. The first-order chi connectivity index (χ1) is 11.1. The van der Waals surface area contributed by atoms with Gasteiger partial charge < -0.3 is 5.32 Å². The largest absolute Gasteiger partial charge is 0.309 e. The number of pyridine rings is 1. The maximum atomic E-state index is 12.6. The molecule has 1 N–H and O–H groups in total. The van der Waals surface area contributed by atoms with Crippen LogP contribution in [0.2, 0.25) is 0 Å². The molecule has 122 valence electrons. The van der Waals surface area contributed by atoms with Gasteiger partial charge in [0, 0.05) is 6.20 Å². The van der Waals surface area contributed by atoms with Crippen LogP contribution in [-0.2, 0) is 9.59 Å². The minimum Gasteiger partial charge on any atom is -0.309 e. The van der Waals surface area contributed by atoms with Crippen molar-refractivity contribution < 1.29 is 9.59 Å². The number of hydrogen-bond acceptors (Lipinski definition) is 5. The number of likely N-dealkylation sites (tertiary alicyclic amines) is 1. The van der Waals surface area contributed by atoms with Gasteiger partial charge in [0.05, 0.1) is 12.1 Å². The molecule has 1 aromatic rings. The number of nitriles is 1. The van der Waals surface area contributed by atoms with Gasteiger partial charge >= 0.3 is 0 Å². The Balaban J connectivity index is 2.02. The summed E-state index contributed by atoms with van der Waals surface area (Å²) in [5, 5.41) is 11.8. The molecule has 0 aliphatic carbocycles. The van der Waals surface area contributed by atoms with Crippen LogP contribution in [0.3, 0.4) is 0 Å². The molecule has 0 radical (unpaired) electrons. The van der Waals surface area contributed by atoms with Crippen molar-refractivity contribution in [2.75, 3.05) is 18.4 Å². The fourth-order valence-corrected chi connectivity index (χ4v) is 2.79. The summed E-state index contributed by atoms with van der Waals surface area (Å²) in [6.45, 7) is 3.46. The molecule has 0 unspecified atom stereocenters. The van der Waals surface area contributed by atoms with E-state index >= 15 is 0 Å². The van der Waals surface area contributed by atoms with Gasteiger partial charge in [0.25, 0.3) is 5.91 Å². The van der Waals surface area contributed by atoms with Gasteiger partial charge in [-0.2, -0.15) is 5.26 Å². The van der Waals surface area contributed by atoms with Gasteiger partial charge in [-0.15, -0.1) is 0 Å². The minimum absolute atomic E-state index is 0.341. The van der Waals surface area contributed by atoms with Gasteiger partial charge in [0.2, 0.25) is 0 Å². The molecule has 0 spiro atoms. The summed E-state index contributed by atoms with van der Waals surface area (Å²) in [5.41, 5.74) is 0. The average Bonchev–Trinajstić information content (AvgIpc) is 2.85. The van der Waals surface area contributed by atoms with Crippen LogP contribution in [0, 0.1) is 17.2 Å². The van der Waals surface area contributed by atoms with Crippen LogP contribution in [0.15, 0.2) is 24.4 Å². The molecule has 0 bridgehead atoms. The summed E-state index contributed by atoms with van der Waals surface area (Å²) < 4.78 is 0. The Kier molecular flexibility index (Phi) is 6.24. The fourth-order valence-electron chi connectivity index (χ4n) is 2.79. The van der Waals surface area contributed by atoms with Crippen LogP contribution >= 0.6 is 0 Å². The molecule has 1 aliphatic heterocycles. The van der Waals surface area contributed by atoms with E-state index in [2.05, 4.69) is 15.2 Å². The summed E-state index contributed by atoms with van der Waals surface area (Å²) in [6.07, 6.45) is 5.97. The van der Waals surface area contributed by atoms with E-state index in [1.165, 1.54) is 12.8 Å². The SMILES string of the molecule is C[C@@H](C(=O)[C@H](C#N)C(=O)Nc1ccccn1)N1CCCCCC1. The Labute approximate surface area is 136 Å². The normalized spacial score (nSPS) is 18.3. The zero-order chi connectivity index (χ0) is 16.7. The van der Waals surface area contributed by atoms with Gasteiger partial charge in [-0.25, -0.2) is 4.98 Å². The van der Waals surface area contributed by atoms with Gasteiger partial charge in [-0.05, 0) is 45.0 Å². The standard InChI is InChI=1S/C17H22N4O2/c1-13(21-10-6-2-3-7-11-21)16(22)14(12-18)17(23)20-15-8-4-5-9-19-15/h4-5,8-9,13-14H,2-3,6-7,10-11H2,1H3,(H,19,20,23)/t13-,14-/m0/s1. The molecular formula is C17H22N4O2. The van der Waals surface area contributed by atoms with E-state index < -0.39 is 17.9 Å². The van der Waals surface area contributed by atoms with Gasteiger partial charge in [0.1, 0.15) is 5.82 Å². The van der Waals surface area contributed by atoms with E-state index in [4.69, 9.17) is 0 Å². The van der Waals surface area contributed by atoms with Crippen molar-refractivity contribution in [3.63, 3.8) is 0 Å². The number of Topliss-reactive ketones (excluding diaryl/α,β-unsaturated/α-hetero) is 1. The summed E-state index contributed by atoms with van der Waals surface area (Å²) in [5.74, 6) is -1.93. The first-order valence-electron chi connectivity index (χ1n) is 8.03.